The molecule has 0 fully saturated rings. The summed E-state index contributed by atoms with van der Waals surface area (Å²) in [4.78, 5) is 0. The van der Waals surface area contributed by atoms with Crippen LogP contribution < -0.4 is 0 Å². The van der Waals surface area contributed by atoms with Gasteiger partial charge in [0.1, 0.15) is 0 Å². The van der Waals surface area contributed by atoms with E-state index in [1.165, 1.54) is 19.3 Å². The summed E-state index contributed by atoms with van der Waals surface area (Å²) in [5.74, 6) is 4.91. The Kier molecular flexibility index (Phi) is 6.06. The molecule has 0 bridgehead atoms. The van der Waals surface area contributed by atoms with Gasteiger partial charge in [-0.25, -0.2) is 0 Å². The van der Waals surface area contributed by atoms with Gasteiger partial charge >= 0.3 is 57.3 Å². The molecule has 0 amide bonds. The minimum absolute atomic E-state index is 0.423. The molecule has 0 N–H and O–H groups in total. The van der Waals surface area contributed by atoms with E-state index in [9.17, 15) is 0 Å². The third-order valence-electron chi connectivity index (χ3n) is 1.28. The SMILES string of the molecule is CCCC[CH2][Ge]([CH3])[CH3]. The first-order valence-corrected chi connectivity index (χ1v) is 9.24. The molecule has 0 aromatic heterocycles. The minimum atomic E-state index is -0.423. The van der Waals surface area contributed by atoms with E-state index in [0.29, 0.717) is 0 Å². The number of hydrogen-bond donors (Lipinski definition) is 0. The normalized spacial score (nSPS) is 10.5. The van der Waals surface area contributed by atoms with Gasteiger partial charge in [0, 0.05) is 0 Å². The van der Waals surface area contributed by atoms with Crippen LogP contribution >= 0.6 is 0 Å². The van der Waals surface area contributed by atoms with Crippen molar-refractivity contribution in [2.45, 2.75) is 43.0 Å². The summed E-state index contributed by atoms with van der Waals surface area (Å²) in [6, 6.07) is 0. The van der Waals surface area contributed by atoms with Gasteiger partial charge in [-0.2, -0.15) is 0 Å². The molecule has 0 heterocycles. The van der Waals surface area contributed by atoms with Gasteiger partial charge in [-0.1, -0.05) is 0 Å². The van der Waals surface area contributed by atoms with Crippen LogP contribution in [0.5, 0.6) is 0 Å². The standard InChI is InChI=1S/C7H17Ge/c1-4-5-6-7-8(2)3/h4-7H2,1-3H3. The van der Waals surface area contributed by atoms with Crippen LogP contribution in [0, 0.1) is 0 Å². The average Bonchev–Trinajstić information content (AvgIpc) is 1.66. The van der Waals surface area contributed by atoms with Crippen molar-refractivity contribution in [3.05, 3.63) is 0 Å². The van der Waals surface area contributed by atoms with Crippen molar-refractivity contribution in [1.82, 2.24) is 0 Å². The zero-order valence-electron chi connectivity index (χ0n) is 6.33. The molecule has 0 atom stereocenters. The monoisotopic (exact) mass is 175 g/mol. The summed E-state index contributed by atoms with van der Waals surface area (Å²) in [6.07, 6.45) is 4.34. The van der Waals surface area contributed by atoms with Gasteiger partial charge < -0.3 is 0 Å². The van der Waals surface area contributed by atoms with E-state index in [1.54, 1.807) is 5.25 Å². The first-order valence-electron chi connectivity index (χ1n) is 3.56. The van der Waals surface area contributed by atoms with Gasteiger partial charge in [-0.3, -0.25) is 0 Å². The Bertz CT molecular complexity index is 41.7. The number of unbranched alkanes of at least 4 members (excludes halogenated alkanes) is 2. The number of hydrogen-bond acceptors (Lipinski definition) is 0. The molecule has 0 unspecified atom stereocenters. The second-order valence-corrected chi connectivity index (χ2v) is 8.78. The van der Waals surface area contributed by atoms with E-state index in [4.69, 9.17) is 0 Å². The number of rotatable bonds is 4. The molecule has 1 radical (unpaired) electrons. The van der Waals surface area contributed by atoms with Gasteiger partial charge in [0.15, 0.2) is 0 Å². The third-order valence-corrected chi connectivity index (χ3v) is 4.12. The van der Waals surface area contributed by atoms with Crippen molar-refractivity contribution < 1.29 is 0 Å². The Morgan fingerprint density at radius 3 is 2.12 bits per heavy atom. The van der Waals surface area contributed by atoms with Gasteiger partial charge in [0.2, 0.25) is 0 Å². The van der Waals surface area contributed by atoms with Crippen molar-refractivity contribution >= 4 is 14.3 Å². The molecule has 0 aliphatic carbocycles. The maximum atomic E-state index is 2.45. The average molecular weight is 174 g/mol. The van der Waals surface area contributed by atoms with E-state index < -0.39 is 14.3 Å². The zero-order chi connectivity index (χ0) is 6.41. The summed E-state index contributed by atoms with van der Waals surface area (Å²) >= 11 is -0.423. The zero-order valence-corrected chi connectivity index (χ0v) is 8.43. The molecule has 49 valence electrons. The van der Waals surface area contributed by atoms with Crippen molar-refractivity contribution in [2.24, 2.45) is 0 Å². The first kappa shape index (κ1) is 8.54. The molecule has 0 nitrogen and oxygen atoms in total. The Morgan fingerprint density at radius 2 is 1.75 bits per heavy atom. The predicted octanol–water partition coefficient (Wildman–Crippen LogP) is 2.93. The van der Waals surface area contributed by atoms with E-state index in [-0.39, 0.29) is 0 Å². The molecule has 0 aromatic rings. The van der Waals surface area contributed by atoms with Gasteiger partial charge in [0.05, 0.1) is 0 Å². The van der Waals surface area contributed by atoms with Gasteiger partial charge in [-0.05, 0) is 0 Å². The maximum absolute atomic E-state index is 2.45. The second kappa shape index (κ2) is 5.68. The van der Waals surface area contributed by atoms with E-state index in [1.807, 2.05) is 0 Å². The van der Waals surface area contributed by atoms with Crippen LogP contribution in [0.2, 0.25) is 16.8 Å². The molecule has 0 rings (SSSR count). The molecule has 0 saturated heterocycles. The first-order chi connectivity index (χ1) is 3.77. The van der Waals surface area contributed by atoms with E-state index in [2.05, 4.69) is 18.4 Å². The Labute approximate surface area is 57.8 Å². The summed E-state index contributed by atoms with van der Waals surface area (Å²) in [5, 5.41) is 1.58. The quantitative estimate of drug-likeness (QED) is 0.453. The van der Waals surface area contributed by atoms with E-state index >= 15 is 0 Å². The fourth-order valence-electron chi connectivity index (χ4n) is 0.729. The van der Waals surface area contributed by atoms with Gasteiger partial charge in [-0.15, -0.1) is 0 Å². The molecule has 0 saturated carbocycles. The van der Waals surface area contributed by atoms with Crippen LogP contribution in [0.25, 0.3) is 0 Å². The van der Waals surface area contributed by atoms with Crippen molar-refractivity contribution in [3.8, 4) is 0 Å². The summed E-state index contributed by atoms with van der Waals surface area (Å²) in [5.41, 5.74) is 0. The van der Waals surface area contributed by atoms with Crippen molar-refractivity contribution in [2.75, 3.05) is 0 Å². The van der Waals surface area contributed by atoms with Crippen LogP contribution in [0.15, 0.2) is 0 Å². The molecule has 0 aliphatic heterocycles. The second-order valence-electron chi connectivity index (χ2n) is 2.66. The van der Waals surface area contributed by atoms with Crippen LogP contribution in [-0.4, -0.2) is 14.3 Å². The molecule has 8 heavy (non-hydrogen) atoms. The van der Waals surface area contributed by atoms with Crippen molar-refractivity contribution in [3.63, 3.8) is 0 Å². The van der Waals surface area contributed by atoms with Crippen LogP contribution in [0.4, 0.5) is 0 Å². The topological polar surface area (TPSA) is 0 Å². The van der Waals surface area contributed by atoms with Crippen LogP contribution in [-0.2, 0) is 0 Å². The summed E-state index contributed by atoms with van der Waals surface area (Å²) < 4.78 is 0. The Morgan fingerprint density at radius 1 is 1.12 bits per heavy atom. The van der Waals surface area contributed by atoms with Crippen LogP contribution in [0.3, 0.4) is 0 Å². The third kappa shape index (κ3) is 6.54. The summed E-state index contributed by atoms with van der Waals surface area (Å²) in [7, 11) is 0. The molecular formula is C7H17Ge. The molecule has 0 spiro atoms. The molecular weight excluding hydrogens is 157 g/mol. The summed E-state index contributed by atoms with van der Waals surface area (Å²) in [6.45, 7) is 2.27. The predicted molar refractivity (Wildman–Crippen MR) is 41.8 cm³/mol. The fraction of sp³-hybridized carbons (Fsp3) is 1.00. The van der Waals surface area contributed by atoms with Crippen LogP contribution in [0.1, 0.15) is 26.2 Å². The van der Waals surface area contributed by atoms with E-state index in [0.717, 1.165) is 0 Å². The van der Waals surface area contributed by atoms with Gasteiger partial charge in [0.25, 0.3) is 0 Å². The Hall–Kier alpha value is 0.543. The Balaban J connectivity index is 2.72. The van der Waals surface area contributed by atoms with Crippen molar-refractivity contribution in [1.29, 1.82) is 0 Å². The molecule has 0 aromatic carbocycles. The molecule has 1 heteroatoms. The molecule has 0 aliphatic rings. The fourth-order valence-corrected chi connectivity index (χ4v) is 2.74.